The van der Waals surface area contributed by atoms with Crippen molar-refractivity contribution in [1.82, 2.24) is 0 Å². The smallest absolute Gasteiger partial charge is 0.262 e. The molecule has 17 heavy (non-hydrogen) atoms. The molecule has 0 aliphatic rings. The van der Waals surface area contributed by atoms with Gasteiger partial charge >= 0.3 is 0 Å². The number of benzene rings is 1. The summed E-state index contributed by atoms with van der Waals surface area (Å²) in [7, 11) is 0. The molecule has 0 N–H and O–H groups in total. The molecule has 1 unspecified atom stereocenters. The Morgan fingerprint density at radius 2 is 1.82 bits per heavy atom. The zero-order valence-corrected chi connectivity index (χ0v) is 9.84. The fraction of sp³-hybridized carbons (Fsp3) is 0.400. The number of hydrogen-bond donors (Lipinski definition) is 0. The number of hydrogen-bond acceptors (Lipinski definition) is 5. The Labute approximate surface area is 102 Å². The first-order chi connectivity index (χ1) is 8.09. The van der Waals surface area contributed by atoms with Crippen molar-refractivity contribution >= 4 is 11.8 Å². The summed E-state index contributed by atoms with van der Waals surface area (Å²) in [5.74, 6) is 0.158. The predicted molar refractivity (Wildman–Crippen MR) is 65.2 cm³/mol. The summed E-state index contributed by atoms with van der Waals surface area (Å²) in [6, 6.07) is 9.09. The van der Waals surface area contributed by atoms with Crippen LogP contribution in [0.1, 0.15) is 5.56 Å². The lowest BCUT2D eigenvalue weighted by molar-refractivity contribution is -0.495. The molecule has 1 atom stereocenters. The standard InChI is InChI=1S/C10H12N2O4S/c13-11(14)6-7-17-10(12(15)16)8-9-4-2-1-3-5-9/h1-5,10H,6-8H2. The van der Waals surface area contributed by atoms with E-state index in [2.05, 4.69) is 0 Å². The monoisotopic (exact) mass is 256 g/mol. The van der Waals surface area contributed by atoms with Crippen molar-refractivity contribution in [2.24, 2.45) is 0 Å². The molecule has 0 radical (unpaired) electrons. The highest BCUT2D eigenvalue weighted by atomic mass is 32.2. The van der Waals surface area contributed by atoms with Crippen molar-refractivity contribution in [2.45, 2.75) is 11.8 Å². The Kier molecular flexibility index (Phi) is 5.41. The van der Waals surface area contributed by atoms with E-state index >= 15 is 0 Å². The molecule has 92 valence electrons. The second-order valence-corrected chi connectivity index (χ2v) is 4.64. The van der Waals surface area contributed by atoms with Gasteiger partial charge < -0.3 is 0 Å². The van der Waals surface area contributed by atoms with Gasteiger partial charge in [-0.1, -0.05) is 42.1 Å². The van der Waals surface area contributed by atoms with Crippen molar-refractivity contribution < 1.29 is 9.85 Å². The van der Waals surface area contributed by atoms with Gasteiger partial charge in [0.25, 0.3) is 5.37 Å². The van der Waals surface area contributed by atoms with Crippen molar-refractivity contribution in [3.8, 4) is 0 Å². The van der Waals surface area contributed by atoms with Gasteiger partial charge in [0.05, 0.1) is 12.2 Å². The molecule has 6 nitrogen and oxygen atoms in total. The van der Waals surface area contributed by atoms with Gasteiger partial charge in [-0.2, -0.15) is 0 Å². The van der Waals surface area contributed by atoms with E-state index < -0.39 is 15.2 Å². The van der Waals surface area contributed by atoms with Gasteiger partial charge in [-0.05, 0) is 5.56 Å². The summed E-state index contributed by atoms with van der Waals surface area (Å²) in [4.78, 5) is 20.1. The van der Waals surface area contributed by atoms with Crippen LogP contribution in [0, 0.1) is 20.2 Å². The number of nitro groups is 2. The van der Waals surface area contributed by atoms with Crippen molar-refractivity contribution in [3.63, 3.8) is 0 Å². The van der Waals surface area contributed by atoms with E-state index in [1.807, 2.05) is 30.3 Å². The van der Waals surface area contributed by atoms with E-state index in [0.29, 0.717) is 0 Å². The molecule has 0 aliphatic heterocycles. The van der Waals surface area contributed by atoms with E-state index in [1.165, 1.54) is 0 Å². The minimum atomic E-state index is -0.822. The molecule has 0 aliphatic carbocycles. The van der Waals surface area contributed by atoms with E-state index in [4.69, 9.17) is 0 Å². The maximum Gasteiger partial charge on any atom is 0.262 e. The third-order valence-electron chi connectivity index (χ3n) is 2.07. The van der Waals surface area contributed by atoms with Gasteiger partial charge in [-0.3, -0.25) is 20.2 Å². The van der Waals surface area contributed by atoms with Crippen LogP contribution < -0.4 is 0 Å². The highest BCUT2D eigenvalue weighted by Crippen LogP contribution is 2.16. The molecule has 0 fully saturated rings. The predicted octanol–water partition coefficient (Wildman–Crippen LogP) is 1.84. The Morgan fingerprint density at radius 1 is 1.18 bits per heavy atom. The summed E-state index contributed by atoms with van der Waals surface area (Å²) in [5, 5.41) is 20.1. The third-order valence-corrected chi connectivity index (χ3v) is 3.21. The molecule has 0 spiro atoms. The summed E-state index contributed by atoms with van der Waals surface area (Å²) < 4.78 is 0. The maximum absolute atomic E-state index is 10.8. The lowest BCUT2D eigenvalue weighted by atomic mass is 10.1. The summed E-state index contributed by atoms with van der Waals surface area (Å²) in [6.45, 7) is -0.246. The molecule has 0 saturated carbocycles. The largest absolute Gasteiger partial charge is 0.265 e. The van der Waals surface area contributed by atoms with E-state index in [0.717, 1.165) is 17.3 Å². The molecule has 1 aromatic rings. The zero-order valence-electron chi connectivity index (χ0n) is 9.02. The van der Waals surface area contributed by atoms with Crippen molar-refractivity contribution in [3.05, 3.63) is 56.1 Å². The van der Waals surface area contributed by atoms with Crippen LogP contribution in [-0.2, 0) is 6.42 Å². The molecular weight excluding hydrogens is 244 g/mol. The first kappa shape index (κ1) is 13.4. The van der Waals surface area contributed by atoms with Gasteiger partial charge in [0.15, 0.2) is 0 Å². The molecule has 0 heterocycles. The highest BCUT2D eigenvalue weighted by molar-refractivity contribution is 7.99. The molecule has 1 aromatic carbocycles. The van der Waals surface area contributed by atoms with Crippen LogP contribution in [0.5, 0.6) is 0 Å². The Balaban J connectivity index is 2.49. The van der Waals surface area contributed by atoms with Gasteiger partial charge in [0, 0.05) is 9.85 Å². The van der Waals surface area contributed by atoms with Crippen LogP contribution in [0.2, 0.25) is 0 Å². The first-order valence-electron chi connectivity index (χ1n) is 5.00. The van der Waals surface area contributed by atoms with E-state index in [9.17, 15) is 20.2 Å². The normalized spacial score (nSPS) is 12.0. The fourth-order valence-electron chi connectivity index (χ4n) is 1.27. The lowest BCUT2D eigenvalue weighted by Gasteiger charge is -2.07. The number of thioether (sulfide) groups is 1. The van der Waals surface area contributed by atoms with Gasteiger partial charge in [0.2, 0.25) is 6.54 Å². The van der Waals surface area contributed by atoms with Crippen molar-refractivity contribution in [2.75, 3.05) is 12.3 Å². The van der Waals surface area contributed by atoms with Gasteiger partial charge in [0.1, 0.15) is 0 Å². The average Bonchev–Trinajstić information content (AvgIpc) is 2.28. The van der Waals surface area contributed by atoms with Crippen LogP contribution in [0.4, 0.5) is 0 Å². The second-order valence-electron chi connectivity index (χ2n) is 3.36. The van der Waals surface area contributed by atoms with Crippen LogP contribution in [0.3, 0.4) is 0 Å². The Bertz CT molecular complexity index is 385. The quantitative estimate of drug-likeness (QED) is 0.422. The van der Waals surface area contributed by atoms with Crippen molar-refractivity contribution in [1.29, 1.82) is 0 Å². The minimum Gasteiger partial charge on any atom is -0.265 e. The molecule has 1 rings (SSSR count). The molecule has 7 heteroatoms. The van der Waals surface area contributed by atoms with Gasteiger partial charge in [-0.15, -0.1) is 0 Å². The summed E-state index contributed by atoms with van der Waals surface area (Å²) in [5.41, 5.74) is 0.864. The van der Waals surface area contributed by atoms with E-state index in [-0.39, 0.29) is 18.7 Å². The molecule has 0 bridgehead atoms. The summed E-state index contributed by atoms with van der Waals surface area (Å²) >= 11 is 1.01. The Hall–Kier alpha value is -1.63. The molecule has 0 saturated heterocycles. The SMILES string of the molecule is O=[N+]([O-])CCSC(Cc1ccccc1)[N+](=O)[O-]. The van der Waals surface area contributed by atoms with Crippen LogP contribution in [-0.4, -0.2) is 27.5 Å². The third kappa shape index (κ3) is 5.30. The number of rotatable bonds is 7. The van der Waals surface area contributed by atoms with E-state index in [1.54, 1.807) is 0 Å². The average molecular weight is 256 g/mol. The first-order valence-corrected chi connectivity index (χ1v) is 6.05. The molecular formula is C10H12N2O4S. The van der Waals surface area contributed by atoms with Crippen LogP contribution >= 0.6 is 11.8 Å². The molecule has 0 amide bonds. The highest BCUT2D eigenvalue weighted by Gasteiger charge is 2.21. The second kappa shape index (κ2) is 6.85. The topological polar surface area (TPSA) is 86.3 Å². The Morgan fingerprint density at radius 3 is 2.35 bits per heavy atom. The van der Waals surface area contributed by atoms with Crippen LogP contribution in [0.25, 0.3) is 0 Å². The lowest BCUT2D eigenvalue weighted by Crippen LogP contribution is -2.20. The van der Waals surface area contributed by atoms with Crippen LogP contribution in [0.15, 0.2) is 30.3 Å². The minimum absolute atomic E-state index is 0.158. The summed E-state index contributed by atoms with van der Waals surface area (Å²) in [6.07, 6.45) is 0.288. The number of nitrogens with zero attached hydrogens (tertiary/aromatic N) is 2. The maximum atomic E-state index is 10.8. The molecule has 0 aromatic heterocycles. The fourth-order valence-corrected chi connectivity index (χ4v) is 2.23. The zero-order chi connectivity index (χ0) is 12.7. The van der Waals surface area contributed by atoms with Gasteiger partial charge in [-0.25, -0.2) is 0 Å².